The van der Waals surface area contributed by atoms with E-state index in [-0.39, 0.29) is 0 Å². The fourth-order valence-electron chi connectivity index (χ4n) is 2.53. The molecule has 0 radical (unpaired) electrons. The standard InChI is InChI=1S/C13H16N4S/c14-13-16-11(9-18-13)12-2-1-7-17(12)8-10-3-5-15-6-4-10/h3-6,9,12H,1-2,7-8H2,(H2,14,16). The molecule has 3 heterocycles. The lowest BCUT2D eigenvalue weighted by Gasteiger charge is -2.22. The fourth-order valence-corrected chi connectivity index (χ4v) is 3.14. The second-order valence-electron chi connectivity index (χ2n) is 4.59. The first-order chi connectivity index (χ1) is 8.83. The molecular formula is C13H16N4S. The normalized spacial score (nSPS) is 20.3. The van der Waals surface area contributed by atoms with Crippen LogP contribution in [0, 0.1) is 0 Å². The van der Waals surface area contributed by atoms with Gasteiger partial charge in [0.2, 0.25) is 0 Å². The zero-order valence-electron chi connectivity index (χ0n) is 10.1. The van der Waals surface area contributed by atoms with Crippen molar-refractivity contribution in [1.29, 1.82) is 0 Å². The Hall–Kier alpha value is -1.46. The van der Waals surface area contributed by atoms with Crippen LogP contribution in [0.5, 0.6) is 0 Å². The van der Waals surface area contributed by atoms with E-state index in [1.54, 1.807) is 0 Å². The van der Waals surface area contributed by atoms with E-state index in [0.29, 0.717) is 11.2 Å². The van der Waals surface area contributed by atoms with Crippen LogP contribution >= 0.6 is 11.3 Å². The lowest BCUT2D eigenvalue weighted by Crippen LogP contribution is -2.23. The Balaban J connectivity index is 1.75. The predicted molar refractivity (Wildman–Crippen MR) is 73.1 cm³/mol. The number of nitrogens with zero attached hydrogens (tertiary/aromatic N) is 3. The van der Waals surface area contributed by atoms with Gasteiger partial charge in [0, 0.05) is 24.3 Å². The van der Waals surface area contributed by atoms with Gasteiger partial charge in [-0.2, -0.15) is 0 Å². The predicted octanol–water partition coefficient (Wildman–Crippen LogP) is 2.46. The summed E-state index contributed by atoms with van der Waals surface area (Å²) < 4.78 is 0. The van der Waals surface area contributed by atoms with Crippen molar-refractivity contribution in [3.8, 4) is 0 Å². The van der Waals surface area contributed by atoms with Crippen molar-refractivity contribution >= 4 is 16.5 Å². The summed E-state index contributed by atoms with van der Waals surface area (Å²) in [6.45, 7) is 2.09. The number of hydrogen-bond donors (Lipinski definition) is 1. The van der Waals surface area contributed by atoms with Crippen molar-refractivity contribution in [2.75, 3.05) is 12.3 Å². The number of thiazole rings is 1. The maximum atomic E-state index is 5.72. The van der Waals surface area contributed by atoms with Crippen LogP contribution in [0.4, 0.5) is 5.13 Å². The van der Waals surface area contributed by atoms with E-state index < -0.39 is 0 Å². The number of nitrogens with two attached hydrogens (primary N) is 1. The molecule has 0 bridgehead atoms. The van der Waals surface area contributed by atoms with E-state index in [4.69, 9.17) is 5.73 Å². The van der Waals surface area contributed by atoms with E-state index in [2.05, 4.69) is 32.4 Å². The second kappa shape index (κ2) is 5.04. The number of likely N-dealkylation sites (tertiary alicyclic amines) is 1. The molecule has 3 rings (SSSR count). The molecule has 1 saturated heterocycles. The summed E-state index contributed by atoms with van der Waals surface area (Å²) in [5, 5.41) is 2.76. The van der Waals surface area contributed by atoms with E-state index in [9.17, 15) is 0 Å². The smallest absolute Gasteiger partial charge is 0.180 e. The largest absolute Gasteiger partial charge is 0.375 e. The van der Waals surface area contributed by atoms with Gasteiger partial charge in [-0.15, -0.1) is 11.3 Å². The number of nitrogen functional groups attached to an aromatic ring is 1. The molecule has 1 atom stereocenters. The van der Waals surface area contributed by atoms with Crippen LogP contribution < -0.4 is 5.73 Å². The van der Waals surface area contributed by atoms with Crippen LogP contribution in [-0.2, 0) is 6.54 Å². The van der Waals surface area contributed by atoms with Crippen molar-refractivity contribution in [2.45, 2.75) is 25.4 Å². The van der Waals surface area contributed by atoms with Crippen LogP contribution in [0.1, 0.15) is 30.1 Å². The van der Waals surface area contributed by atoms with Gasteiger partial charge in [-0.3, -0.25) is 9.88 Å². The van der Waals surface area contributed by atoms with Gasteiger partial charge in [-0.1, -0.05) is 0 Å². The van der Waals surface area contributed by atoms with E-state index in [1.807, 2.05) is 12.4 Å². The van der Waals surface area contributed by atoms with Crippen molar-refractivity contribution in [2.24, 2.45) is 0 Å². The van der Waals surface area contributed by atoms with Crippen LogP contribution in [0.3, 0.4) is 0 Å². The third-order valence-corrected chi connectivity index (χ3v) is 4.07. The summed E-state index contributed by atoms with van der Waals surface area (Å²) >= 11 is 1.53. The van der Waals surface area contributed by atoms with Gasteiger partial charge in [-0.25, -0.2) is 4.98 Å². The topological polar surface area (TPSA) is 55.0 Å². The Labute approximate surface area is 110 Å². The summed E-state index contributed by atoms with van der Waals surface area (Å²) in [6, 6.07) is 4.57. The van der Waals surface area contributed by atoms with Crippen LogP contribution in [-0.4, -0.2) is 21.4 Å². The summed E-state index contributed by atoms with van der Waals surface area (Å²) in [7, 11) is 0. The highest BCUT2D eigenvalue weighted by molar-refractivity contribution is 7.13. The first-order valence-corrected chi connectivity index (χ1v) is 7.05. The molecule has 0 aliphatic carbocycles. The molecular weight excluding hydrogens is 244 g/mol. The highest BCUT2D eigenvalue weighted by atomic mass is 32.1. The first kappa shape index (κ1) is 11.6. The highest BCUT2D eigenvalue weighted by Gasteiger charge is 2.27. The van der Waals surface area contributed by atoms with Crippen molar-refractivity contribution in [1.82, 2.24) is 14.9 Å². The van der Waals surface area contributed by atoms with Crippen molar-refractivity contribution in [3.63, 3.8) is 0 Å². The Morgan fingerprint density at radius 3 is 2.94 bits per heavy atom. The van der Waals surface area contributed by atoms with Crippen molar-refractivity contribution < 1.29 is 0 Å². The minimum atomic E-state index is 0.423. The SMILES string of the molecule is Nc1nc(C2CCCN2Cc2ccncc2)cs1. The summed E-state index contributed by atoms with van der Waals surface area (Å²) in [4.78, 5) is 11.0. The molecule has 94 valence electrons. The zero-order chi connectivity index (χ0) is 12.4. The molecule has 5 heteroatoms. The molecule has 2 aromatic rings. The Morgan fingerprint density at radius 2 is 2.22 bits per heavy atom. The van der Waals surface area contributed by atoms with Gasteiger partial charge in [0.25, 0.3) is 0 Å². The molecule has 1 aliphatic rings. The summed E-state index contributed by atoms with van der Waals surface area (Å²) in [6.07, 6.45) is 6.10. The molecule has 0 aromatic carbocycles. The third-order valence-electron chi connectivity index (χ3n) is 3.38. The molecule has 2 aromatic heterocycles. The summed E-state index contributed by atoms with van der Waals surface area (Å²) in [5.41, 5.74) is 8.16. The fraction of sp³-hybridized carbons (Fsp3) is 0.385. The average molecular weight is 260 g/mol. The molecule has 2 N–H and O–H groups in total. The third kappa shape index (κ3) is 2.37. The molecule has 4 nitrogen and oxygen atoms in total. The van der Waals surface area contributed by atoms with E-state index in [0.717, 1.165) is 18.8 Å². The minimum absolute atomic E-state index is 0.423. The van der Waals surface area contributed by atoms with E-state index in [1.165, 1.54) is 29.7 Å². The Morgan fingerprint density at radius 1 is 1.39 bits per heavy atom. The number of anilines is 1. The van der Waals surface area contributed by atoms with Crippen LogP contribution in [0.15, 0.2) is 29.9 Å². The molecule has 0 amide bonds. The number of hydrogen-bond acceptors (Lipinski definition) is 5. The molecule has 1 fully saturated rings. The zero-order valence-corrected chi connectivity index (χ0v) is 10.9. The Kier molecular flexibility index (Phi) is 3.25. The lowest BCUT2D eigenvalue weighted by molar-refractivity contribution is 0.245. The van der Waals surface area contributed by atoms with Crippen LogP contribution in [0.2, 0.25) is 0 Å². The first-order valence-electron chi connectivity index (χ1n) is 6.17. The number of rotatable bonds is 3. The monoisotopic (exact) mass is 260 g/mol. The van der Waals surface area contributed by atoms with Gasteiger partial charge < -0.3 is 5.73 Å². The molecule has 1 aliphatic heterocycles. The molecule has 0 saturated carbocycles. The Bertz CT molecular complexity index is 511. The molecule has 1 unspecified atom stereocenters. The van der Waals surface area contributed by atoms with Gasteiger partial charge in [-0.05, 0) is 37.1 Å². The number of pyridine rings is 1. The summed E-state index contributed by atoms with van der Waals surface area (Å²) in [5.74, 6) is 0. The van der Waals surface area contributed by atoms with Gasteiger partial charge >= 0.3 is 0 Å². The van der Waals surface area contributed by atoms with Gasteiger partial charge in [0.15, 0.2) is 5.13 Å². The van der Waals surface area contributed by atoms with Crippen molar-refractivity contribution in [3.05, 3.63) is 41.2 Å². The lowest BCUT2D eigenvalue weighted by atomic mass is 10.1. The average Bonchev–Trinajstić information content (AvgIpc) is 2.99. The van der Waals surface area contributed by atoms with Gasteiger partial charge in [0.1, 0.15) is 0 Å². The van der Waals surface area contributed by atoms with Crippen LogP contribution in [0.25, 0.3) is 0 Å². The van der Waals surface area contributed by atoms with E-state index >= 15 is 0 Å². The van der Waals surface area contributed by atoms with Gasteiger partial charge in [0.05, 0.1) is 11.7 Å². The molecule has 0 spiro atoms. The maximum absolute atomic E-state index is 5.72. The highest BCUT2D eigenvalue weighted by Crippen LogP contribution is 2.33. The number of aromatic nitrogens is 2. The maximum Gasteiger partial charge on any atom is 0.180 e. The minimum Gasteiger partial charge on any atom is -0.375 e. The second-order valence-corrected chi connectivity index (χ2v) is 5.48. The molecule has 18 heavy (non-hydrogen) atoms. The quantitative estimate of drug-likeness (QED) is 0.921.